The van der Waals surface area contributed by atoms with Gasteiger partial charge in [0.15, 0.2) is 5.69 Å². The fraction of sp³-hybridized carbons (Fsp3) is 0.0556. The summed E-state index contributed by atoms with van der Waals surface area (Å²) in [4.78, 5) is 12.1. The Bertz CT molecular complexity index is 903. The smallest absolute Gasteiger partial charge is 0.291 e. The normalized spacial score (nSPS) is 10.9. The van der Waals surface area contributed by atoms with Gasteiger partial charge in [-0.3, -0.25) is 9.48 Å². The van der Waals surface area contributed by atoms with Gasteiger partial charge in [0.05, 0.1) is 12.8 Å². The highest BCUT2D eigenvalue weighted by molar-refractivity contribution is 9.10. The number of rotatable bonds is 5. The van der Waals surface area contributed by atoms with Crippen molar-refractivity contribution >= 4 is 28.1 Å². The second-order valence-electron chi connectivity index (χ2n) is 5.28. The predicted molar refractivity (Wildman–Crippen MR) is 98.6 cm³/mol. The molecule has 126 valence electrons. The van der Waals surface area contributed by atoms with Crippen LogP contribution in [0.25, 0.3) is 0 Å². The fourth-order valence-corrected chi connectivity index (χ4v) is 2.43. The van der Waals surface area contributed by atoms with Gasteiger partial charge >= 0.3 is 0 Å². The average molecular weight is 399 g/mol. The molecule has 0 spiro atoms. The molecule has 1 aromatic heterocycles. The number of aromatic nitrogens is 2. The monoisotopic (exact) mass is 398 g/mol. The molecule has 7 heteroatoms. The maximum Gasteiger partial charge on any atom is 0.291 e. The van der Waals surface area contributed by atoms with E-state index in [1.807, 2.05) is 24.3 Å². The molecule has 0 saturated carbocycles. The molecule has 3 rings (SSSR count). The number of aromatic hydroxyl groups is 1. The van der Waals surface area contributed by atoms with E-state index in [1.165, 1.54) is 6.21 Å². The lowest BCUT2D eigenvalue weighted by molar-refractivity contribution is 0.0949. The van der Waals surface area contributed by atoms with E-state index in [4.69, 9.17) is 0 Å². The van der Waals surface area contributed by atoms with Gasteiger partial charge in [-0.15, -0.1) is 0 Å². The summed E-state index contributed by atoms with van der Waals surface area (Å²) in [5.41, 5.74) is 4.26. The topological polar surface area (TPSA) is 79.5 Å². The van der Waals surface area contributed by atoms with Gasteiger partial charge in [0, 0.05) is 16.2 Å². The quantitative estimate of drug-likeness (QED) is 0.511. The van der Waals surface area contributed by atoms with Gasteiger partial charge in [-0.25, -0.2) is 5.43 Å². The van der Waals surface area contributed by atoms with Crippen LogP contribution in [-0.4, -0.2) is 27.0 Å². The number of hydrazone groups is 1. The van der Waals surface area contributed by atoms with Crippen molar-refractivity contribution in [2.24, 2.45) is 5.10 Å². The Kier molecular flexibility index (Phi) is 5.25. The van der Waals surface area contributed by atoms with E-state index in [-0.39, 0.29) is 11.4 Å². The summed E-state index contributed by atoms with van der Waals surface area (Å²) < 4.78 is 2.70. The van der Waals surface area contributed by atoms with Crippen molar-refractivity contribution in [3.63, 3.8) is 0 Å². The number of hydrogen-bond acceptors (Lipinski definition) is 4. The van der Waals surface area contributed by atoms with Gasteiger partial charge in [-0.05, 0) is 35.9 Å². The molecule has 0 saturated heterocycles. The van der Waals surface area contributed by atoms with Crippen LogP contribution in [0.4, 0.5) is 0 Å². The van der Waals surface area contributed by atoms with Crippen molar-refractivity contribution in [3.05, 3.63) is 82.1 Å². The zero-order valence-electron chi connectivity index (χ0n) is 13.1. The molecule has 0 aliphatic rings. The van der Waals surface area contributed by atoms with Crippen LogP contribution in [0, 0.1) is 0 Å². The van der Waals surface area contributed by atoms with E-state index < -0.39 is 5.91 Å². The van der Waals surface area contributed by atoms with Gasteiger partial charge in [0.25, 0.3) is 5.91 Å². The van der Waals surface area contributed by atoms with E-state index in [2.05, 4.69) is 31.6 Å². The Morgan fingerprint density at radius 3 is 2.72 bits per heavy atom. The second kappa shape index (κ2) is 7.76. The summed E-state index contributed by atoms with van der Waals surface area (Å²) in [5, 5.41) is 17.7. The van der Waals surface area contributed by atoms with Crippen LogP contribution in [0.1, 0.15) is 21.6 Å². The molecule has 0 aliphatic carbocycles. The van der Waals surface area contributed by atoms with Crippen molar-refractivity contribution in [1.82, 2.24) is 15.2 Å². The van der Waals surface area contributed by atoms with Crippen molar-refractivity contribution in [3.8, 4) is 5.75 Å². The molecule has 0 unspecified atom stereocenters. The van der Waals surface area contributed by atoms with Gasteiger partial charge in [-0.2, -0.15) is 10.2 Å². The summed E-state index contributed by atoms with van der Waals surface area (Å²) in [6.07, 6.45) is 3.12. The molecule has 0 atom stereocenters. The lowest BCUT2D eigenvalue weighted by atomic mass is 10.2. The molecule has 2 N–H and O–H groups in total. The molecule has 6 nitrogen and oxygen atoms in total. The lowest BCUT2D eigenvalue weighted by Crippen LogP contribution is -2.18. The maximum atomic E-state index is 12.1. The van der Waals surface area contributed by atoms with E-state index >= 15 is 0 Å². The maximum absolute atomic E-state index is 12.1. The Balaban J connectivity index is 1.60. The molecular formula is C18H15BrN4O2. The number of phenols is 1. The van der Waals surface area contributed by atoms with Crippen LogP contribution >= 0.6 is 15.9 Å². The minimum atomic E-state index is -0.416. The Morgan fingerprint density at radius 2 is 1.96 bits per heavy atom. The first kappa shape index (κ1) is 16.9. The van der Waals surface area contributed by atoms with Crippen LogP contribution in [-0.2, 0) is 6.54 Å². The Hall–Kier alpha value is -2.93. The third-order valence-electron chi connectivity index (χ3n) is 3.44. The molecule has 25 heavy (non-hydrogen) atoms. The van der Waals surface area contributed by atoms with Crippen LogP contribution in [0.3, 0.4) is 0 Å². The van der Waals surface area contributed by atoms with E-state index in [1.54, 1.807) is 41.2 Å². The van der Waals surface area contributed by atoms with Crippen LogP contribution in [0.15, 0.2) is 70.4 Å². The molecular weight excluding hydrogens is 384 g/mol. The second-order valence-corrected chi connectivity index (χ2v) is 6.20. The summed E-state index contributed by atoms with van der Waals surface area (Å²) >= 11 is 3.39. The number of halogens is 1. The number of benzene rings is 2. The number of para-hydroxylation sites is 1. The lowest BCUT2D eigenvalue weighted by Gasteiger charge is -2.02. The highest BCUT2D eigenvalue weighted by atomic mass is 79.9. The van der Waals surface area contributed by atoms with Crippen molar-refractivity contribution in [1.29, 1.82) is 0 Å². The third kappa shape index (κ3) is 4.54. The summed E-state index contributed by atoms with van der Waals surface area (Å²) in [5.74, 6) is -0.319. The van der Waals surface area contributed by atoms with Crippen LogP contribution < -0.4 is 5.43 Å². The molecule has 0 radical (unpaired) electrons. The fourth-order valence-electron chi connectivity index (χ4n) is 2.16. The first-order valence-corrected chi connectivity index (χ1v) is 8.30. The van der Waals surface area contributed by atoms with Crippen molar-refractivity contribution < 1.29 is 9.90 Å². The minimum Gasteiger partial charge on any atom is -0.507 e. The number of nitrogens with zero attached hydrogens (tertiary/aromatic N) is 3. The highest BCUT2D eigenvalue weighted by Gasteiger charge is 2.08. The number of carbonyl (C=O) groups is 1. The third-order valence-corrected chi connectivity index (χ3v) is 3.97. The number of nitrogens with one attached hydrogen (secondary N) is 1. The van der Waals surface area contributed by atoms with Gasteiger partial charge in [0.2, 0.25) is 0 Å². The molecule has 0 fully saturated rings. The summed E-state index contributed by atoms with van der Waals surface area (Å²) in [7, 11) is 0. The zero-order chi connectivity index (χ0) is 17.6. The minimum absolute atomic E-state index is 0.0966. The van der Waals surface area contributed by atoms with Gasteiger partial charge in [-0.1, -0.05) is 40.2 Å². The first-order chi connectivity index (χ1) is 12.1. The molecule has 1 amide bonds. The predicted octanol–water partition coefficient (Wildman–Crippen LogP) is 3.16. The summed E-state index contributed by atoms with van der Waals surface area (Å²) in [6.45, 7) is 0.571. The first-order valence-electron chi connectivity index (χ1n) is 7.51. The molecule has 2 aromatic carbocycles. The van der Waals surface area contributed by atoms with E-state index in [9.17, 15) is 9.90 Å². The van der Waals surface area contributed by atoms with E-state index in [0.29, 0.717) is 12.1 Å². The Morgan fingerprint density at radius 1 is 1.20 bits per heavy atom. The Labute approximate surface area is 152 Å². The van der Waals surface area contributed by atoms with Gasteiger partial charge in [0.1, 0.15) is 5.75 Å². The number of phenolic OH excluding ortho intramolecular Hbond substituents is 1. The van der Waals surface area contributed by atoms with Gasteiger partial charge < -0.3 is 5.11 Å². The molecule has 1 heterocycles. The standard InChI is InChI=1S/C18H15BrN4O2/c19-15-7-5-13(6-8-15)12-23-10-9-16(22-23)18(25)21-20-11-14-3-1-2-4-17(14)24/h1-11,24H,12H2,(H,21,25)/b20-11+. The number of hydrogen-bond donors (Lipinski definition) is 2. The highest BCUT2D eigenvalue weighted by Crippen LogP contribution is 2.13. The summed E-state index contributed by atoms with van der Waals surface area (Å²) in [6, 6.07) is 16.2. The van der Waals surface area contributed by atoms with Crippen molar-refractivity contribution in [2.45, 2.75) is 6.54 Å². The largest absolute Gasteiger partial charge is 0.507 e. The average Bonchev–Trinajstić information content (AvgIpc) is 3.07. The molecule has 0 bridgehead atoms. The molecule has 3 aromatic rings. The van der Waals surface area contributed by atoms with Crippen LogP contribution in [0.5, 0.6) is 5.75 Å². The zero-order valence-corrected chi connectivity index (χ0v) is 14.7. The van der Waals surface area contributed by atoms with E-state index in [0.717, 1.165) is 10.0 Å². The molecule has 0 aliphatic heterocycles. The number of amides is 1. The van der Waals surface area contributed by atoms with Crippen LogP contribution in [0.2, 0.25) is 0 Å². The van der Waals surface area contributed by atoms with Crippen molar-refractivity contribution in [2.75, 3.05) is 0 Å². The SMILES string of the molecule is O=C(N/N=C/c1ccccc1O)c1ccn(Cc2ccc(Br)cc2)n1. The number of carbonyl (C=O) groups excluding carboxylic acids is 1.